The zero-order chi connectivity index (χ0) is 24.2. The number of anilines is 4. The van der Waals surface area contributed by atoms with Crippen molar-refractivity contribution >= 4 is 40.1 Å². The Morgan fingerprint density at radius 1 is 1.17 bits per heavy atom. The van der Waals surface area contributed by atoms with Crippen LogP contribution in [0.2, 0.25) is 0 Å². The van der Waals surface area contributed by atoms with Gasteiger partial charge in [-0.2, -0.15) is 0 Å². The molecule has 1 amide bonds. The van der Waals surface area contributed by atoms with E-state index in [4.69, 9.17) is 4.74 Å². The summed E-state index contributed by atoms with van der Waals surface area (Å²) in [6, 6.07) is 3.34. The average molecular weight is 478 g/mol. The zero-order valence-electron chi connectivity index (χ0n) is 19.0. The molecule has 3 N–H and O–H groups in total. The monoisotopic (exact) mass is 477 g/mol. The van der Waals surface area contributed by atoms with Crippen LogP contribution in [-0.2, 0) is 9.53 Å². The van der Waals surface area contributed by atoms with E-state index in [1.54, 1.807) is 13.3 Å². The molecule has 1 unspecified atom stereocenters. The molecular formula is C23H24FN9O2. The van der Waals surface area contributed by atoms with E-state index in [1.807, 2.05) is 4.57 Å². The Morgan fingerprint density at radius 3 is 2.89 bits per heavy atom. The largest absolute Gasteiger partial charge is 0.358 e. The van der Waals surface area contributed by atoms with Crippen molar-refractivity contribution in [3.63, 3.8) is 0 Å². The Balaban J connectivity index is 1.32. The lowest BCUT2D eigenvalue weighted by molar-refractivity contribution is -0.116. The third kappa shape index (κ3) is 5.01. The first-order valence-electron chi connectivity index (χ1n) is 11.3. The summed E-state index contributed by atoms with van der Waals surface area (Å²) in [6.45, 7) is 2.40. The first-order valence-corrected chi connectivity index (χ1v) is 11.3. The van der Waals surface area contributed by atoms with Crippen LogP contribution in [0.1, 0.15) is 32.4 Å². The fraction of sp³-hybridized carbons (Fsp3) is 0.304. The van der Waals surface area contributed by atoms with Gasteiger partial charge in [0, 0.05) is 19.0 Å². The van der Waals surface area contributed by atoms with Crippen LogP contribution >= 0.6 is 0 Å². The molecule has 0 bridgehead atoms. The van der Waals surface area contributed by atoms with Crippen LogP contribution in [-0.4, -0.2) is 48.0 Å². The van der Waals surface area contributed by atoms with Gasteiger partial charge in [-0.05, 0) is 44.4 Å². The summed E-state index contributed by atoms with van der Waals surface area (Å²) in [6.07, 6.45) is 10.6. The Bertz CT molecular complexity index is 1330. The van der Waals surface area contributed by atoms with Gasteiger partial charge in [0.2, 0.25) is 5.91 Å². The highest BCUT2D eigenvalue weighted by molar-refractivity contribution is 5.99. The van der Waals surface area contributed by atoms with Gasteiger partial charge in [0.05, 0.1) is 23.9 Å². The van der Waals surface area contributed by atoms with Gasteiger partial charge < -0.3 is 20.7 Å². The molecule has 12 heteroatoms. The number of fused-ring (bicyclic) bond motifs is 1. The van der Waals surface area contributed by atoms with Crippen LogP contribution in [0.15, 0.2) is 49.4 Å². The van der Waals surface area contributed by atoms with Crippen LogP contribution < -0.4 is 16.0 Å². The molecule has 35 heavy (non-hydrogen) atoms. The number of hydrogen-bond acceptors (Lipinski definition) is 9. The molecule has 2 atom stereocenters. The summed E-state index contributed by atoms with van der Waals surface area (Å²) in [5.74, 6) is 0.0481. The Labute approximate surface area is 200 Å². The van der Waals surface area contributed by atoms with Gasteiger partial charge >= 0.3 is 0 Å². The molecule has 5 rings (SSSR count). The molecule has 11 nitrogen and oxygen atoms in total. The fourth-order valence-corrected chi connectivity index (χ4v) is 3.85. The maximum absolute atomic E-state index is 13.9. The third-order valence-corrected chi connectivity index (χ3v) is 5.64. The standard InChI is InChI=1S/C23H24FN9O2/c1-14(23(34)32-16-6-5-15(24)10-17(16)31-18-11-25-7-8-26-18)30-21-20-22(28-12-27-21)33(13-29-20)19-4-2-3-9-35-19/h5-8,10-14,19H,2-4,9H2,1H3,(H,26,31)(H,32,34)(H,27,28,30)/t14?,19-/m0/s1. The van der Waals surface area contributed by atoms with Crippen LogP contribution in [0.3, 0.4) is 0 Å². The molecule has 3 aromatic heterocycles. The van der Waals surface area contributed by atoms with Crippen LogP contribution in [0.25, 0.3) is 11.2 Å². The average Bonchev–Trinajstić information content (AvgIpc) is 3.32. The van der Waals surface area contributed by atoms with E-state index < -0.39 is 11.9 Å². The van der Waals surface area contributed by atoms with Gasteiger partial charge in [0.25, 0.3) is 0 Å². The number of amides is 1. The molecule has 0 saturated carbocycles. The number of halogens is 1. The summed E-state index contributed by atoms with van der Waals surface area (Å²) >= 11 is 0. The summed E-state index contributed by atoms with van der Waals surface area (Å²) in [5.41, 5.74) is 1.92. The minimum atomic E-state index is -0.682. The molecule has 0 radical (unpaired) electrons. The van der Waals surface area contributed by atoms with E-state index in [9.17, 15) is 9.18 Å². The number of imidazole rings is 1. The number of aromatic nitrogens is 6. The number of rotatable bonds is 7. The van der Waals surface area contributed by atoms with Crippen LogP contribution in [0.4, 0.5) is 27.4 Å². The smallest absolute Gasteiger partial charge is 0.246 e. The Kier molecular flexibility index (Phi) is 6.44. The molecule has 180 valence electrons. The fourth-order valence-electron chi connectivity index (χ4n) is 3.85. The number of benzene rings is 1. The van der Waals surface area contributed by atoms with Gasteiger partial charge in [0.15, 0.2) is 17.0 Å². The highest BCUT2D eigenvalue weighted by atomic mass is 19.1. The Morgan fingerprint density at radius 2 is 2.09 bits per heavy atom. The lowest BCUT2D eigenvalue weighted by Gasteiger charge is -2.23. The molecule has 0 aliphatic carbocycles. The van der Waals surface area contributed by atoms with Crippen molar-refractivity contribution in [2.24, 2.45) is 0 Å². The summed E-state index contributed by atoms with van der Waals surface area (Å²) < 4.78 is 21.6. The second kappa shape index (κ2) is 9.97. The van der Waals surface area contributed by atoms with E-state index in [1.165, 1.54) is 43.1 Å². The summed E-state index contributed by atoms with van der Waals surface area (Å²) in [4.78, 5) is 34.2. The van der Waals surface area contributed by atoms with E-state index in [0.717, 1.165) is 19.3 Å². The highest BCUT2D eigenvalue weighted by Crippen LogP contribution is 2.28. The molecule has 0 spiro atoms. The number of nitrogens with zero attached hydrogens (tertiary/aromatic N) is 6. The van der Waals surface area contributed by atoms with Crippen molar-refractivity contribution in [1.29, 1.82) is 0 Å². The van der Waals surface area contributed by atoms with Crippen molar-refractivity contribution in [1.82, 2.24) is 29.5 Å². The number of ether oxygens (including phenoxy) is 1. The molecule has 1 aliphatic heterocycles. The van der Waals surface area contributed by atoms with Gasteiger partial charge in [0.1, 0.15) is 30.2 Å². The quantitative estimate of drug-likeness (QED) is 0.365. The van der Waals surface area contributed by atoms with Crippen molar-refractivity contribution in [2.75, 3.05) is 22.6 Å². The maximum atomic E-state index is 13.9. The highest BCUT2D eigenvalue weighted by Gasteiger charge is 2.22. The van der Waals surface area contributed by atoms with Crippen LogP contribution in [0, 0.1) is 5.82 Å². The van der Waals surface area contributed by atoms with Gasteiger partial charge in [-0.15, -0.1) is 0 Å². The van der Waals surface area contributed by atoms with Crippen molar-refractivity contribution in [3.8, 4) is 0 Å². The molecule has 4 heterocycles. The van der Waals surface area contributed by atoms with Crippen molar-refractivity contribution < 1.29 is 13.9 Å². The number of carbonyl (C=O) groups excluding carboxylic acids is 1. The molecule has 1 aromatic carbocycles. The number of carbonyl (C=O) groups is 1. The van der Waals surface area contributed by atoms with Gasteiger partial charge in [-0.3, -0.25) is 14.3 Å². The number of nitrogens with one attached hydrogen (secondary N) is 3. The first-order chi connectivity index (χ1) is 17.1. The summed E-state index contributed by atoms with van der Waals surface area (Å²) in [7, 11) is 0. The predicted octanol–water partition coefficient (Wildman–Crippen LogP) is 3.64. The van der Waals surface area contributed by atoms with E-state index >= 15 is 0 Å². The topological polar surface area (TPSA) is 132 Å². The van der Waals surface area contributed by atoms with Gasteiger partial charge in [-0.25, -0.2) is 24.3 Å². The lowest BCUT2D eigenvalue weighted by atomic mass is 10.2. The summed E-state index contributed by atoms with van der Waals surface area (Å²) in [5, 5.41) is 8.89. The molecule has 1 fully saturated rings. The normalized spacial score (nSPS) is 16.6. The second-order valence-corrected chi connectivity index (χ2v) is 8.13. The zero-order valence-corrected chi connectivity index (χ0v) is 19.0. The van der Waals surface area contributed by atoms with E-state index in [0.29, 0.717) is 40.8 Å². The van der Waals surface area contributed by atoms with Crippen molar-refractivity contribution in [3.05, 3.63) is 55.3 Å². The SMILES string of the molecule is CC(Nc1ncnc2c1ncn2[C@@H]1CCCCO1)C(=O)Nc1ccc(F)cc1Nc1cnccn1. The maximum Gasteiger partial charge on any atom is 0.246 e. The lowest BCUT2D eigenvalue weighted by Crippen LogP contribution is -2.32. The first kappa shape index (κ1) is 22.6. The molecule has 1 saturated heterocycles. The molecular weight excluding hydrogens is 453 g/mol. The van der Waals surface area contributed by atoms with E-state index in [-0.39, 0.29) is 12.1 Å². The minimum absolute atomic E-state index is 0.115. The van der Waals surface area contributed by atoms with Gasteiger partial charge in [-0.1, -0.05) is 0 Å². The minimum Gasteiger partial charge on any atom is -0.358 e. The molecule has 4 aromatic rings. The van der Waals surface area contributed by atoms with Crippen molar-refractivity contribution in [2.45, 2.75) is 38.5 Å². The van der Waals surface area contributed by atoms with E-state index in [2.05, 4.69) is 40.9 Å². The second-order valence-electron chi connectivity index (χ2n) is 8.13. The predicted molar refractivity (Wildman–Crippen MR) is 128 cm³/mol. The molecule has 1 aliphatic rings. The third-order valence-electron chi connectivity index (χ3n) is 5.64. The number of hydrogen-bond donors (Lipinski definition) is 3. The van der Waals surface area contributed by atoms with Crippen LogP contribution in [0.5, 0.6) is 0 Å². The Hall–Kier alpha value is -4.19.